The van der Waals surface area contributed by atoms with Gasteiger partial charge in [-0.2, -0.15) is 0 Å². The van der Waals surface area contributed by atoms with Crippen molar-refractivity contribution in [3.8, 4) is 17.2 Å². The number of para-hydroxylation sites is 1. The van der Waals surface area contributed by atoms with Crippen LogP contribution in [0.25, 0.3) is 10.9 Å². The van der Waals surface area contributed by atoms with Gasteiger partial charge in [-0.1, -0.05) is 18.2 Å². The Kier molecular flexibility index (Phi) is 6.73. The summed E-state index contributed by atoms with van der Waals surface area (Å²) in [4.78, 5) is 43.8. The first kappa shape index (κ1) is 27.5. The van der Waals surface area contributed by atoms with Gasteiger partial charge in [0.2, 0.25) is 0 Å². The SMILES string of the molecule is COC(=O)C[C@@H](c1c(O)c(C(C)=O)cc([C@H]2OCc3cnc(C)c(O)c32)c1O)c1cc2cccc3c2n(c1=O)CCC3. The first-order valence-corrected chi connectivity index (χ1v) is 13.7. The molecule has 0 fully saturated rings. The Labute approximate surface area is 240 Å². The number of carbonyl (C=O) groups excluding carboxylic acids is 2. The molecule has 4 heterocycles. The molecule has 0 saturated carbocycles. The average molecular weight is 571 g/mol. The quantitative estimate of drug-likeness (QED) is 0.228. The number of methoxy groups -OCH3 is 1. The number of aryl methyl sites for hydroxylation is 3. The predicted octanol–water partition coefficient (Wildman–Crippen LogP) is 4.29. The lowest BCUT2D eigenvalue weighted by Gasteiger charge is -2.26. The highest BCUT2D eigenvalue weighted by molar-refractivity contribution is 5.98. The predicted molar refractivity (Wildman–Crippen MR) is 152 cm³/mol. The number of aromatic hydroxyl groups is 3. The monoisotopic (exact) mass is 570 g/mol. The molecule has 216 valence electrons. The third kappa shape index (κ3) is 4.21. The van der Waals surface area contributed by atoms with Crippen LogP contribution < -0.4 is 5.56 Å². The second kappa shape index (κ2) is 10.3. The molecule has 2 aliphatic rings. The number of esters is 1. The number of hydrogen-bond acceptors (Lipinski definition) is 9. The molecular weight excluding hydrogens is 540 g/mol. The number of aromatic nitrogens is 2. The van der Waals surface area contributed by atoms with Gasteiger partial charge < -0.3 is 29.4 Å². The zero-order chi connectivity index (χ0) is 29.9. The molecule has 0 bridgehead atoms. The van der Waals surface area contributed by atoms with Crippen molar-refractivity contribution in [2.45, 2.75) is 58.3 Å². The lowest BCUT2D eigenvalue weighted by Crippen LogP contribution is -2.30. The van der Waals surface area contributed by atoms with Gasteiger partial charge >= 0.3 is 5.97 Å². The van der Waals surface area contributed by atoms with Crippen LogP contribution in [0.2, 0.25) is 0 Å². The van der Waals surface area contributed by atoms with Gasteiger partial charge in [-0.05, 0) is 49.8 Å². The van der Waals surface area contributed by atoms with Gasteiger partial charge in [-0.25, -0.2) is 0 Å². The minimum Gasteiger partial charge on any atom is -0.507 e. The number of ether oxygens (including phenoxy) is 2. The van der Waals surface area contributed by atoms with E-state index in [4.69, 9.17) is 9.47 Å². The van der Waals surface area contributed by atoms with Crippen LogP contribution in [-0.2, 0) is 33.8 Å². The third-order valence-corrected chi connectivity index (χ3v) is 8.40. The Morgan fingerprint density at radius 3 is 2.67 bits per heavy atom. The zero-order valence-electron chi connectivity index (χ0n) is 23.4. The second-order valence-electron chi connectivity index (χ2n) is 10.9. The second-order valence-corrected chi connectivity index (χ2v) is 10.9. The van der Waals surface area contributed by atoms with E-state index in [0.717, 1.165) is 29.3 Å². The lowest BCUT2D eigenvalue weighted by molar-refractivity contribution is -0.140. The molecular formula is C32H30N2O8. The number of nitrogens with zero attached hydrogens (tertiary/aromatic N) is 2. The number of carbonyl (C=O) groups is 2. The molecule has 0 aliphatic carbocycles. The molecule has 6 rings (SSSR count). The summed E-state index contributed by atoms with van der Waals surface area (Å²) in [5.41, 5.74) is 2.82. The molecule has 0 amide bonds. The van der Waals surface area contributed by atoms with E-state index in [1.807, 2.05) is 18.2 Å². The molecule has 0 saturated heterocycles. The number of Topliss-reactive ketones (excluding diaryl/α,β-unsaturated/α-hetero) is 1. The molecule has 0 unspecified atom stereocenters. The number of phenolic OH excluding ortho intramolecular Hbond substituents is 2. The van der Waals surface area contributed by atoms with Gasteiger partial charge in [0.25, 0.3) is 5.56 Å². The maximum Gasteiger partial charge on any atom is 0.306 e. The van der Waals surface area contributed by atoms with Gasteiger partial charge in [0.05, 0.1) is 36.9 Å². The van der Waals surface area contributed by atoms with Crippen LogP contribution in [0.1, 0.15) is 81.2 Å². The van der Waals surface area contributed by atoms with Gasteiger partial charge in [0, 0.05) is 46.5 Å². The fourth-order valence-corrected chi connectivity index (χ4v) is 6.32. The summed E-state index contributed by atoms with van der Waals surface area (Å²) >= 11 is 0. The van der Waals surface area contributed by atoms with Crippen molar-refractivity contribution in [2.24, 2.45) is 0 Å². The summed E-state index contributed by atoms with van der Waals surface area (Å²) in [7, 11) is 1.21. The van der Waals surface area contributed by atoms with E-state index in [2.05, 4.69) is 4.98 Å². The van der Waals surface area contributed by atoms with Gasteiger partial charge in [-0.15, -0.1) is 0 Å². The van der Waals surface area contributed by atoms with Crippen LogP contribution in [0.5, 0.6) is 17.2 Å². The highest BCUT2D eigenvalue weighted by atomic mass is 16.5. The fourth-order valence-electron chi connectivity index (χ4n) is 6.32. The van der Waals surface area contributed by atoms with Gasteiger partial charge in [0.1, 0.15) is 23.4 Å². The van der Waals surface area contributed by atoms with Gasteiger partial charge in [0.15, 0.2) is 5.78 Å². The number of pyridine rings is 2. The van der Waals surface area contributed by atoms with Crippen molar-refractivity contribution in [3.63, 3.8) is 0 Å². The Balaban J connectivity index is 1.64. The largest absolute Gasteiger partial charge is 0.507 e. The van der Waals surface area contributed by atoms with Crippen molar-refractivity contribution < 1.29 is 34.4 Å². The molecule has 2 aliphatic heterocycles. The first-order valence-electron chi connectivity index (χ1n) is 13.7. The number of phenols is 2. The van der Waals surface area contributed by atoms with Crippen LogP contribution in [0.15, 0.2) is 41.3 Å². The zero-order valence-corrected chi connectivity index (χ0v) is 23.4. The molecule has 10 nitrogen and oxygen atoms in total. The number of ketones is 1. The summed E-state index contributed by atoms with van der Waals surface area (Å²) in [6.45, 7) is 3.46. The van der Waals surface area contributed by atoms with Crippen molar-refractivity contribution in [3.05, 3.63) is 91.5 Å². The highest BCUT2D eigenvalue weighted by Crippen LogP contribution is 2.50. The van der Waals surface area contributed by atoms with Crippen molar-refractivity contribution in [1.29, 1.82) is 0 Å². The molecule has 0 spiro atoms. The summed E-state index contributed by atoms with van der Waals surface area (Å²) < 4.78 is 12.6. The maximum absolute atomic E-state index is 14.0. The van der Waals surface area contributed by atoms with Crippen LogP contribution >= 0.6 is 0 Å². The molecule has 2 aromatic carbocycles. The van der Waals surface area contributed by atoms with Crippen LogP contribution in [0.4, 0.5) is 0 Å². The first-order chi connectivity index (χ1) is 20.1. The molecule has 42 heavy (non-hydrogen) atoms. The Morgan fingerprint density at radius 2 is 1.93 bits per heavy atom. The van der Waals surface area contributed by atoms with E-state index in [9.17, 15) is 29.7 Å². The summed E-state index contributed by atoms with van der Waals surface area (Å²) in [5, 5.41) is 34.9. The summed E-state index contributed by atoms with van der Waals surface area (Å²) in [6, 6.07) is 8.76. The van der Waals surface area contributed by atoms with Crippen molar-refractivity contribution in [2.75, 3.05) is 7.11 Å². The Hall–Kier alpha value is -4.70. The summed E-state index contributed by atoms with van der Waals surface area (Å²) in [6.07, 6.45) is 1.77. The minimum atomic E-state index is -1.17. The number of benzene rings is 2. The average Bonchev–Trinajstić information content (AvgIpc) is 3.40. The smallest absolute Gasteiger partial charge is 0.306 e. The molecule has 0 radical (unpaired) electrons. The van der Waals surface area contributed by atoms with E-state index in [0.29, 0.717) is 23.4 Å². The van der Waals surface area contributed by atoms with E-state index in [-0.39, 0.29) is 40.2 Å². The molecule has 2 aromatic heterocycles. The van der Waals surface area contributed by atoms with Crippen molar-refractivity contribution in [1.82, 2.24) is 9.55 Å². The third-order valence-electron chi connectivity index (χ3n) is 8.40. The standard InChI is InChI=1S/C32H30N2O8/c1-15-28(37)25-19(13-33-15)14-42-31(25)23-11-20(16(2)35)29(38)26(30(23)39)21(12-24(36)41-3)22-10-18-7-4-6-17-8-5-9-34(27(17)18)32(22)40/h4,6-7,10-11,13,21,31,37-39H,5,8-9,12,14H2,1-3H3/t21-,31-/m1/s1. The Bertz CT molecular complexity index is 1860. The minimum absolute atomic E-state index is 0.0925. The van der Waals surface area contributed by atoms with E-state index >= 15 is 0 Å². The summed E-state index contributed by atoms with van der Waals surface area (Å²) in [5.74, 6) is -3.46. The molecule has 3 N–H and O–H groups in total. The lowest BCUT2D eigenvalue weighted by atomic mass is 9.82. The molecule has 10 heteroatoms. The number of fused-ring (bicyclic) bond motifs is 1. The highest BCUT2D eigenvalue weighted by Gasteiger charge is 2.37. The number of rotatable bonds is 6. The molecule has 4 aromatic rings. The topological polar surface area (TPSA) is 148 Å². The van der Waals surface area contributed by atoms with Crippen molar-refractivity contribution >= 4 is 22.7 Å². The maximum atomic E-state index is 14.0. The van der Waals surface area contributed by atoms with Gasteiger partial charge in [-0.3, -0.25) is 19.4 Å². The van der Waals surface area contributed by atoms with Crippen LogP contribution in [0.3, 0.4) is 0 Å². The van der Waals surface area contributed by atoms with E-state index in [1.54, 1.807) is 23.8 Å². The molecule has 2 atom stereocenters. The Morgan fingerprint density at radius 1 is 1.14 bits per heavy atom. The van der Waals surface area contributed by atoms with E-state index in [1.165, 1.54) is 20.1 Å². The number of hydrogen-bond donors (Lipinski definition) is 3. The van der Waals surface area contributed by atoms with E-state index < -0.39 is 41.7 Å². The normalized spacial score (nSPS) is 16.3. The van der Waals surface area contributed by atoms with Crippen LogP contribution in [0, 0.1) is 6.92 Å². The fraction of sp³-hybridized carbons (Fsp3) is 0.312. The van der Waals surface area contributed by atoms with Crippen LogP contribution in [-0.4, -0.2) is 43.7 Å².